The smallest absolute Gasteiger partial charge is 0.329 e. The molecule has 2 N–H and O–H groups in total. The third-order valence-electron chi connectivity index (χ3n) is 4.64. The lowest BCUT2D eigenvalue weighted by Gasteiger charge is -2.23. The van der Waals surface area contributed by atoms with Gasteiger partial charge < -0.3 is 20.1 Å². The summed E-state index contributed by atoms with van der Waals surface area (Å²) in [5.74, 6) is -2.11. The van der Waals surface area contributed by atoms with Gasteiger partial charge in [0.05, 0.1) is 23.3 Å². The molecule has 176 valence electrons. The van der Waals surface area contributed by atoms with Crippen molar-refractivity contribution in [1.29, 1.82) is 0 Å². The minimum atomic E-state index is -1.25. The Balaban J connectivity index is 2.10. The van der Waals surface area contributed by atoms with Crippen molar-refractivity contribution in [3.05, 3.63) is 62.6 Å². The molecule has 2 amide bonds. The van der Waals surface area contributed by atoms with Crippen LogP contribution in [-0.2, 0) is 14.3 Å². The van der Waals surface area contributed by atoms with Crippen molar-refractivity contribution in [3.63, 3.8) is 0 Å². The fraction of sp³-hybridized carbons (Fsp3) is 0.318. The normalized spacial score (nSPS) is 12.4. The van der Waals surface area contributed by atoms with E-state index < -0.39 is 34.9 Å². The lowest BCUT2D eigenvalue weighted by molar-refractivity contribution is -0.384. The molecule has 2 aromatic carbocycles. The number of esters is 1. The molecule has 0 radical (unpaired) electrons. The van der Waals surface area contributed by atoms with Gasteiger partial charge in [0.1, 0.15) is 11.8 Å². The molecule has 0 bridgehead atoms. The highest BCUT2D eigenvalue weighted by atomic mass is 79.9. The second kappa shape index (κ2) is 11.4. The van der Waals surface area contributed by atoms with E-state index in [1.807, 2.05) is 0 Å². The fourth-order valence-electron chi connectivity index (χ4n) is 2.80. The number of hydrogen-bond acceptors (Lipinski definition) is 7. The van der Waals surface area contributed by atoms with E-state index in [0.29, 0.717) is 10.0 Å². The Morgan fingerprint density at radius 3 is 2.33 bits per heavy atom. The van der Waals surface area contributed by atoms with E-state index in [1.165, 1.54) is 26.2 Å². The number of hydrogen-bond donors (Lipinski definition) is 2. The molecule has 0 aromatic heterocycles. The lowest BCUT2D eigenvalue weighted by Crippen LogP contribution is -2.47. The third-order valence-corrected chi connectivity index (χ3v) is 5.33. The highest BCUT2D eigenvalue weighted by Gasteiger charge is 2.30. The van der Waals surface area contributed by atoms with Gasteiger partial charge in [-0.25, -0.2) is 4.79 Å². The number of carbonyl (C=O) groups excluding carboxylic acids is 3. The Labute approximate surface area is 198 Å². The number of nitrogens with one attached hydrogen (secondary N) is 2. The van der Waals surface area contributed by atoms with Gasteiger partial charge in [-0.2, -0.15) is 0 Å². The maximum atomic E-state index is 12.7. The van der Waals surface area contributed by atoms with Crippen molar-refractivity contribution < 1.29 is 28.8 Å². The summed E-state index contributed by atoms with van der Waals surface area (Å²) in [5.41, 5.74) is 0.159. The molecule has 0 saturated heterocycles. The standard InChI is InChI=1S/C22H24BrN3O7/c1-12(2)19(25-21(28)15-7-5-6-8-16(15)23)22(29)33-13(3)20(27)24-17-11-14(26(30)31)9-10-18(17)32-4/h5-13,19H,1-4H3,(H,24,27)(H,25,28)/t13?,19-/m0/s1. The van der Waals surface area contributed by atoms with Crippen molar-refractivity contribution in [2.75, 3.05) is 12.4 Å². The van der Waals surface area contributed by atoms with E-state index in [2.05, 4.69) is 26.6 Å². The Kier molecular flexibility index (Phi) is 8.92. The largest absolute Gasteiger partial charge is 0.495 e. The first-order valence-corrected chi connectivity index (χ1v) is 10.7. The van der Waals surface area contributed by atoms with E-state index in [0.717, 1.165) is 6.07 Å². The molecule has 10 nitrogen and oxygen atoms in total. The molecule has 2 atom stereocenters. The molecule has 1 unspecified atom stereocenters. The first kappa shape index (κ1) is 25.8. The molecule has 0 aliphatic heterocycles. The Bertz CT molecular complexity index is 1060. The summed E-state index contributed by atoms with van der Waals surface area (Å²) in [6.07, 6.45) is -1.25. The van der Waals surface area contributed by atoms with E-state index in [-0.39, 0.29) is 23.0 Å². The first-order chi connectivity index (χ1) is 15.5. The number of nitro benzene ring substituents is 1. The second-order valence-corrected chi connectivity index (χ2v) is 8.24. The van der Waals surface area contributed by atoms with Crippen LogP contribution in [0.25, 0.3) is 0 Å². The number of methoxy groups -OCH3 is 1. The summed E-state index contributed by atoms with van der Waals surface area (Å²) >= 11 is 3.30. The molecule has 0 heterocycles. The number of non-ortho nitro benzene ring substituents is 1. The summed E-state index contributed by atoms with van der Waals surface area (Å²) in [4.78, 5) is 48.3. The molecule has 0 aliphatic carbocycles. The molecule has 33 heavy (non-hydrogen) atoms. The van der Waals surface area contributed by atoms with E-state index in [4.69, 9.17) is 9.47 Å². The quantitative estimate of drug-likeness (QED) is 0.291. The van der Waals surface area contributed by atoms with Crippen LogP contribution in [0.4, 0.5) is 11.4 Å². The number of nitrogens with zero attached hydrogens (tertiary/aromatic N) is 1. The zero-order chi connectivity index (χ0) is 24.7. The number of amides is 2. The van der Waals surface area contributed by atoms with Crippen LogP contribution in [0.5, 0.6) is 5.75 Å². The molecular weight excluding hydrogens is 498 g/mol. The molecular formula is C22H24BrN3O7. The minimum Gasteiger partial charge on any atom is -0.495 e. The van der Waals surface area contributed by atoms with Crippen molar-refractivity contribution in [3.8, 4) is 5.75 Å². The van der Waals surface area contributed by atoms with Gasteiger partial charge in [0.25, 0.3) is 17.5 Å². The van der Waals surface area contributed by atoms with Gasteiger partial charge in [0, 0.05) is 16.6 Å². The maximum Gasteiger partial charge on any atom is 0.329 e. The van der Waals surface area contributed by atoms with Crippen molar-refractivity contribution in [1.82, 2.24) is 5.32 Å². The zero-order valence-electron chi connectivity index (χ0n) is 18.5. The molecule has 11 heteroatoms. The van der Waals surface area contributed by atoms with Crippen LogP contribution in [0.15, 0.2) is 46.9 Å². The Hall–Kier alpha value is -3.47. The number of rotatable bonds is 9. The van der Waals surface area contributed by atoms with Gasteiger partial charge in [0.15, 0.2) is 6.10 Å². The minimum absolute atomic E-state index is 0.0576. The van der Waals surface area contributed by atoms with Gasteiger partial charge in [0.2, 0.25) is 0 Å². The topological polar surface area (TPSA) is 137 Å². The molecule has 0 saturated carbocycles. The average Bonchev–Trinajstić information content (AvgIpc) is 2.76. The predicted molar refractivity (Wildman–Crippen MR) is 124 cm³/mol. The second-order valence-electron chi connectivity index (χ2n) is 7.39. The van der Waals surface area contributed by atoms with Crippen molar-refractivity contribution in [2.24, 2.45) is 5.92 Å². The van der Waals surface area contributed by atoms with E-state index in [9.17, 15) is 24.5 Å². The first-order valence-electron chi connectivity index (χ1n) is 9.94. The highest BCUT2D eigenvalue weighted by molar-refractivity contribution is 9.10. The van der Waals surface area contributed by atoms with Crippen LogP contribution in [0.3, 0.4) is 0 Å². The van der Waals surface area contributed by atoms with E-state index in [1.54, 1.807) is 38.1 Å². The molecule has 0 spiro atoms. The van der Waals surface area contributed by atoms with Gasteiger partial charge in [-0.15, -0.1) is 0 Å². The highest BCUT2D eigenvalue weighted by Crippen LogP contribution is 2.29. The van der Waals surface area contributed by atoms with Crippen LogP contribution in [0, 0.1) is 16.0 Å². The van der Waals surface area contributed by atoms with Crippen molar-refractivity contribution >= 4 is 45.1 Å². The molecule has 2 rings (SSSR count). The Morgan fingerprint density at radius 2 is 1.76 bits per heavy atom. The van der Waals surface area contributed by atoms with Crippen molar-refractivity contribution in [2.45, 2.75) is 32.9 Å². The number of carbonyl (C=O) groups is 3. The van der Waals surface area contributed by atoms with Gasteiger partial charge >= 0.3 is 5.97 Å². The fourth-order valence-corrected chi connectivity index (χ4v) is 3.27. The van der Waals surface area contributed by atoms with Crippen LogP contribution in [0.1, 0.15) is 31.1 Å². The summed E-state index contributed by atoms with van der Waals surface area (Å²) in [6.45, 7) is 4.81. The molecule has 0 fully saturated rings. The summed E-state index contributed by atoms with van der Waals surface area (Å²) < 4.78 is 11.0. The van der Waals surface area contributed by atoms with Crippen LogP contribution in [-0.4, -0.2) is 42.0 Å². The predicted octanol–water partition coefficient (Wildman–Crippen LogP) is 3.69. The van der Waals surface area contributed by atoms with Gasteiger partial charge in [-0.05, 0) is 47.0 Å². The summed E-state index contributed by atoms with van der Waals surface area (Å²) in [7, 11) is 1.35. The Morgan fingerprint density at radius 1 is 1.09 bits per heavy atom. The summed E-state index contributed by atoms with van der Waals surface area (Å²) in [6, 6.07) is 9.46. The number of nitro groups is 1. The number of anilines is 1. The average molecular weight is 522 g/mol. The zero-order valence-corrected chi connectivity index (χ0v) is 20.0. The SMILES string of the molecule is COc1ccc([N+](=O)[O-])cc1NC(=O)C(C)OC(=O)[C@@H](NC(=O)c1ccccc1Br)C(C)C. The third kappa shape index (κ3) is 6.75. The molecule has 0 aliphatic rings. The van der Waals surface area contributed by atoms with Crippen LogP contribution in [0.2, 0.25) is 0 Å². The van der Waals surface area contributed by atoms with Crippen LogP contribution < -0.4 is 15.4 Å². The monoisotopic (exact) mass is 521 g/mol. The molecule has 2 aromatic rings. The number of benzene rings is 2. The number of ether oxygens (including phenoxy) is 2. The van der Waals surface area contributed by atoms with Gasteiger partial charge in [-0.1, -0.05) is 26.0 Å². The van der Waals surface area contributed by atoms with Gasteiger partial charge in [-0.3, -0.25) is 19.7 Å². The van der Waals surface area contributed by atoms with Crippen LogP contribution >= 0.6 is 15.9 Å². The van der Waals surface area contributed by atoms with E-state index >= 15 is 0 Å². The lowest BCUT2D eigenvalue weighted by atomic mass is 10.0. The maximum absolute atomic E-state index is 12.7. The summed E-state index contributed by atoms with van der Waals surface area (Å²) in [5, 5.41) is 16.1. The number of halogens is 1.